The summed E-state index contributed by atoms with van der Waals surface area (Å²) in [6, 6.07) is 6.45. The van der Waals surface area contributed by atoms with Crippen molar-refractivity contribution in [2.45, 2.75) is 18.9 Å². The first-order chi connectivity index (χ1) is 10.6. The summed E-state index contributed by atoms with van der Waals surface area (Å²) >= 11 is 0. The van der Waals surface area contributed by atoms with Gasteiger partial charge in [-0.2, -0.15) is 0 Å². The van der Waals surface area contributed by atoms with E-state index in [1.165, 1.54) is 9.80 Å². The monoisotopic (exact) mass is 300 g/mol. The van der Waals surface area contributed by atoms with Crippen LogP contribution in [0.25, 0.3) is 0 Å². The number of hydrogen-bond acceptors (Lipinski definition) is 3. The molecule has 6 heteroatoms. The average molecular weight is 300 g/mol. The summed E-state index contributed by atoms with van der Waals surface area (Å²) in [6.45, 7) is 0.676. The molecule has 0 spiro atoms. The SMILES string of the molecule is O=C1c2ccccc2C(=O)N1C[C@@H]1C[C@@H]2C[C@@H]2CN1C(=O)O. The molecule has 0 unspecified atom stereocenters. The average Bonchev–Trinajstić information content (AvgIpc) is 3.23. The van der Waals surface area contributed by atoms with E-state index >= 15 is 0 Å². The number of carbonyl (C=O) groups is 3. The fraction of sp³-hybridized carbons (Fsp3) is 0.438. The third kappa shape index (κ3) is 1.90. The van der Waals surface area contributed by atoms with Crippen molar-refractivity contribution in [3.63, 3.8) is 0 Å². The smallest absolute Gasteiger partial charge is 0.407 e. The van der Waals surface area contributed by atoms with E-state index in [0.717, 1.165) is 12.8 Å². The van der Waals surface area contributed by atoms with Gasteiger partial charge in [-0.1, -0.05) is 12.1 Å². The maximum atomic E-state index is 12.4. The van der Waals surface area contributed by atoms with Crippen LogP contribution in [0, 0.1) is 11.8 Å². The van der Waals surface area contributed by atoms with E-state index in [1.807, 2.05) is 0 Å². The highest BCUT2D eigenvalue weighted by atomic mass is 16.4. The first-order valence-electron chi connectivity index (χ1n) is 7.51. The molecule has 3 amide bonds. The number of likely N-dealkylation sites (tertiary alicyclic amines) is 1. The molecule has 2 aliphatic heterocycles. The van der Waals surface area contributed by atoms with Gasteiger partial charge in [-0.25, -0.2) is 4.79 Å². The van der Waals surface area contributed by atoms with E-state index < -0.39 is 6.09 Å². The van der Waals surface area contributed by atoms with E-state index in [2.05, 4.69) is 0 Å². The fourth-order valence-corrected chi connectivity index (χ4v) is 3.72. The molecule has 3 atom stereocenters. The Morgan fingerprint density at radius 1 is 1.09 bits per heavy atom. The molecule has 3 aliphatic rings. The Bertz CT molecular complexity index is 651. The molecule has 0 bridgehead atoms. The van der Waals surface area contributed by atoms with Crippen LogP contribution in [-0.4, -0.2) is 51.9 Å². The number of carboxylic acid groups (broad SMARTS) is 1. The lowest BCUT2D eigenvalue weighted by molar-refractivity contribution is 0.0532. The summed E-state index contributed by atoms with van der Waals surface area (Å²) in [5.41, 5.74) is 0.823. The van der Waals surface area contributed by atoms with E-state index in [1.54, 1.807) is 24.3 Å². The highest BCUT2D eigenvalue weighted by Gasteiger charge is 2.48. The molecule has 6 nitrogen and oxygen atoms in total. The number of imide groups is 1. The number of piperidine rings is 1. The summed E-state index contributed by atoms with van der Waals surface area (Å²) in [6.07, 6.45) is 0.833. The van der Waals surface area contributed by atoms with E-state index in [0.29, 0.717) is 29.5 Å². The van der Waals surface area contributed by atoms with Crippen LogP contribution >= 0.6 is 0 Å². The first-order valence-corrected chi connectivity index (χ1v) is 7.51. The zero-order valence-corrected chi connectivity index (χ0v) is 11.9. The zero-order valence-electron chi connectivity index (χ0n) is 11.9. The van der Waals surface area contributed by atoms with Gasteiger partial charge in [-0.3, -0.25) is 14.5 Å². The van der Waals surface area contributed by atoms with Gasteiger partial charge in [0.05, 0.1) is 17.2 Å². The number of nitrogens with zero attached hydrogens (tertiary/aromatic N) is 2. The predicted octanol–water partition coefficient (Wildman–Crippen LogP) is 1.67. The molecule has 4 rings (SSSR count). The summed E-state index contributed by atoms with van der Waals surface area (Å²) in [4.78, 5) is 38.8. The molecule has 2 fully saturated rings. The van der Waals surface area contributed by atoms with Crippen molar-refractivity contribution in [3.8, 4) is 0 Å². The van der Waals surface area contributed by atoms with Gasteiger partial charge in [0.2, 0.25) is 0 Å². The Balaban J connectivity index is 1.57. The fourth-order valence-electron chi connectivity index (χ4n) is 3.72. The van der Waals surface area contributed by atoms with Crippen LogP contribution in [0.5, 0.6) is 0 Å². The Morgan fingerprint density at radius 3 is 2.32 bits per heavy atom. The minimum absolute atomic E-state index is 0.155. The van der Waals surface area contributed by atoms with Crippen molar-refractivity contribution < 1.29 is 19.5 Å². The highest BCUT2D eigenvalue weighted by Crippen LogP contribution is 2.47. The Hall–Kier alpha value is -2.37. The van der Waals surface area contributed by atoms with Gasteiger partial charge >= 0.3 is 6.09 Å². The highest BCUT2D eigenvalue weighted by molar-refractivity contribution is 6.21. The predicted molar refractivity (Wildman–Crippen MR) is 76.5 cm³/mol. The van der Waals surface area contributed by atoms with Gasteiger partial charge in [-0.05, 0) is 36.8 Å². The summed E-state index contributed by atoms with van der Waals surface area (Å²) in [5.74, 6) is 0.387. The van der Waals surface area contributed by atoms with Crippen molar-refractivity contribution in [3.05, 3.63) is 35.4 Å². The van der Waals surface area contributed by atoms with Crippen molar-refractivity contribution in [1.29, 1.82) is 0 Å². The quantitative estimate of drug-likeness (QED) is 0.843. The molecule has 1 aromatic rings. The lowest BCUT2D eigenvalue weighted by Crippen LogP contribution is -2.50. The van der Waals surface area contributed by atoms with Gasteiger partial charge in [0.25, 0.3) is 11.8 Å². The van der Waals surface area contributed by atoms with Crippen LogP contribution in [0.1, 0.15) is 33.6 Å². The third-order valence-corrected chi connectivity index (χ3v) is 5.03. The van der Waals surface area contributed by atoms with Crippen molar-refractivity contribution in [2.24, 2.45) is 11.8 Å². The van der Waals surface area contributed by atoms with E-state index in [-0.39, 0.29) is 24.4 Å². The molecule has 1 N–H and O–H groups in total. The second-order valence-electron chi connectivity index (χ2n) is 6.35. The number of hydrogen-bond donors (Lipinski definition) is 1. The number of amides is 3. The molecular weight excluding hydrogens is 284 g/mol. The van der Waals surface area contributed by atoms with Crippen LogP contribution in [0.15, 0.2) is 24.3 Å². The second kappa shape index (κ2) is 4.56. The standard InChI is InChI=1S/C16H16N2O4/c19-14-12-3-1-2-4-13(12)15(20)18(14)8-11-6-9-5-10(9)7-17(11)16(21)22/h1-4,9-11H,5-8H2,(H,21,22)/t9-,10+,11-/m0/s1. The number of rotatable bonds is 2. The summed E-state index contributed by atoms with van der Waals surface area (Å²) in [7, 11) is 0. The Labute approximate surface area is 127 Å². The van der Waals surface area contributed by atoms with Crippen LogP contribution in [0.2, 0.25) is 0 Å². The first kappa shape index (κ1) is 13.3. The molecule has 1 saturated heterocycles. The van der Waals surface area contributed by atoms with Gasteiger partial charge in [-0.15, -0.1) is 0 Å². The molecule has 0 aromatic heterocycles. The van der Waals surface area contributed by atoms with Crippen molar-refractivity contribution in [1.82, 2.24) is 9.80 Å². The number of benzene rings is 1. The van der Waals surface area contributed by atoms with Crippen LogP contribution in [0.3, 0.4) is 0 Å². The maximum Gasteiger partial charge on any atom is 0.407 e. The lowest BCUT2D eigenvalue weighted by Gasteiger charge is -2.35. The van der Waals surface area contributed by atoms with Gasteiger partial charge in [0.15, 0.2) is 0 Å². The van der Waals surface area contributed by atoms with Crippen LogP contribution in [0.4, 0.5) is 4.79 Å². The van der Waals surface area contributed by atoms with Gasteiger partial charge < -0.3 is 10.0 Å². The normalized spacial score (nSPS) is 29.4. The third-order valence-electron chi connectivity index (χ3n) is 5.03. The summed E-state index contributed by atoms with van der Waals surface area (Å²) < 4.78 is 0. The van der Waals surface area contributed by atoms with E-state index in [9.17, 15) is 19.5 Å². The maximum absolute atomic E-state index is 12.4. The lowest BCUT2D eigenvalue weighted by atomic mass is 10.0. The Kier molecular flexibility index (Phi) is 2.76. The molecule has 2 heterocycles. The minimum atomic E-state index is -0.966. The van der Waals surface area contributed by atoms with Crippen molar-refractivity contribution >= 4 is 17.9 Å². The van der Waals surface area contributed by atoms with Crippen LogP contribution < -0.4 is 0 Å². The molecule has 1 aliphatic carbocycles. The molecule has 114 valence electrons. The molecular formula is C16H16N2O4. The molecule has 22 heavy (non-hydrogen) atoms. The molecule has 0 radical (unpaired) electrons. The second-order valence-corrected chi connectivity index (χ2v) is 6.35. The van der Waals surface area contributed by atoms with Gasteiger partial charge in [0.1, 0.15) is 0 Å². The van der Waals surface area contributed by atoms with Crippen LogP contribution in [-0.2, 0) is 0 Å². The summed E-state index contributed by atoms with van der Waals surface area (Å²) in [5, 5.41) is 9.36. The van der Waals surface area contributed by atoms with Crippen molar-refractivity contribution in [2.75, 3.05) is 13.1 Å². The minimum Gasteiger partial charge on any atom is -0.465 e. The molecule has 1 saturated carbocycles. The van der Waals surface area contributed by atoms with Gasteiger partial charge in [0, 0.05) is 13.1 Å². The molecule has 1 aromatic carbocycles. The largest absolute Gasteiger partial charge is 0.465 e. The topological polar surface area (TPSA) is 77.9 Å². The Morgan fingerprint density at radius 2 is 1.73 bits per heavy atom. The van der Waals surface area contributed by atoms with E-state index in [4.69, 9.17) is 0 Å². The zero-order chi connectivity index (χ0) is 15.4. The number of fused-ring (bicyclic) bond motifs is 2. The number of carbonyl (C=O) groups excluding carboxylic acids is 2.